The lowest BCUT2D eigenvalue weighted by Crippen LogP contribution is -2.62. The van der Waals surface area contributed by atoms with Crippen LogP contribution >= 0.6 is 0 Å². The Bertz CT molecular complexity index is 722. The van der Waals surface area contributed by atoms with E-state index in [2.05, 4.69) is 16.0 Å². The summed E-state index contributed by atoms with van der Waals surface area (Å²) in [6, 6.07) is 8.72. The first-order chi connectivity index (χ1) is 13.4. The standard InChI is InChI=1S/C20H29N5O3/c1-20(2,23-19(28)22-15-7-4-3-5-8-15)18(27)24-11-6-9-16(14-24)25-12-10-21-13-17(25)26/h3-5,7-8,16,21H,6,9-14H2,1-2H3,(H2,22,23,28). The molecule has 1 atom stereocenters. The number of carbonyl (C=O) groups excluding carboxylic acids is 3. The monoisotopic (exact) mass is 387 g/mol. The third kappa shape index (κ3) is 4.81. The molecular weight excluding hydrogens is 358 g/mol. The average Bonchev–Trinajstić information content (AvgIpc) is 2.68. The lowest BCUT2D eigenvalue weighted by molar-refractivity contribution is -0.143. The largest absolute Gasteiger partial charge is 0.339 e. The third-order valence-corrected chi connectivity index (χ3v) is 5.24. The number of piperazine rings is 1. The van der Waals surface area contributed by atoms with Crippen LogP contribution in [0, 0.1) is 0 Å². The summed E-state index contributed by atoms with van der Waals surface area (Å²) in [5.74, 6) is -0.0480. The van der Waals surface area contributed by atoms with E-state index in [1.807, 2.05) is 23.1 Å². The Morgan fingerprint density at radius 3 is 2.64 bits per heavy atom. The number of carbonyl (C=O) groups is 3. The predicted octanol–water partition coefficient (Wildman–Crippen LogP) is 1.01. The molecule has 0 bridgehead atoms. The van der Waals surface area contributed by atoms with Gasteiger partial charge >= 0.3 is 6.03 Å². The fourth-order valence-corrected chi connectivity index (χ4v) is 3.82. The Kier molecular flexibility index (Phi) is 6.18. The molecule has 2 heterocycles. The number of para-hydroxylation sites is 1. The fraction of sp³-hybridized carbons (Fsp3) is 0.550. The van der Waals surface area contributed by atoms with E-state index in [1.54, 1.807) is 30.9 Å². The number of piperidine rings is 1. The van der Waals surface area contributed by atoms with E-state index in [-0.39, 0.29) is 17.9 Å². The van der Waals surface area contributed by atoms with Crippen LogP contribution in [0.5, 0.6) is 0 Å². The van der Waals surface area contributed by atoms with Gasteiger partial charge in [0.05, 0.1) is 6.54 Å². The van der Waals surface area contributed by atoms with Crippen LogP contribution < -0.4 is 16.0 Å². The summed E-state index contributed by atoms with van der Waals surface area (Å²) in [5, 5.41) is 8.59. The molecule has 8 nitrogen and oxygen atoms in total. The summed E-state index contributed by atoms with van der Waals surface area (Å²) in [4.78, 5) is 41.2. The molecule has 4 amide bonds. The molecule has 3 rings (SSSR count). The molecule has 0 saturated carbocycles. The van der Waals surface area contributed by atoms with Crippen molar-refractivity contribution in [3.05, 3.63) is 30.3 Å². The van der Waals surface area contributed by atoms with E-state index < -0.39 is 11.6 Å². The summed E-state index contributed by atoms with van der Waals surface area (Å²) >= 11 is 0. The molecular formula is C20H29N5O3. The van der Waals surface area contributed by atoms with Crippen molar-refractivity contribution in [3.8, 4) is 0 Å². The van der Waals surface area contributed by atoms with Crippen molar-refractivity contribution in [1.82, 2.24) is 20.4 Å². The first-order valence-corrected chi connectivity index (χ1v) is 9.80. The lowest BCUT2D eigenvalue weighted by Gasteiger charge is -2.43. The highest BCUT2D eigenvalue weighted by Gasteiger charge is 2.38. The maximum Gasteiger partial charge on any atom is 0.320 e. The van der Waals surface area contributed by atoms with Gasteiger partial charge in [-0.1, -0.05) is 18.2 Å². The maximum atomic E-state index is 13.1. The van der Waals surface area contributed by atoms with Gasteiger partial charge in [0.25, 0.3) is 0 Å². The minimum Gasteiger partial charge on any atom is -0.339 e. The van der Waals surface area contributed by atoms with Gasteiger partial charge in [0.2, 0.25) is 11.8 Å². The molecule has 8 heteroatoms. The number of rotatable bonds is 4. The van der Waals surface area contributed by atoms with Gasteiger partial charge in [0.15, 0.2) is 0 Å². The summed E-state index contributed by atoms with van der Waals surface area (Å²) < 4.78 is 0. The van der Waals surface area contributed by atoms with Crippen LogP contribution in [0.1, 0.15) is 26.7 Å². The van der Waals surface area contributed by atoms with Crippen LogP contribution in [-0.2, 0) is 9.59 Å². The Morgan fingerprint density at radius 2 is 1.93 bits per heavy atom. The highest BCUT2D eigenvalue weighted by atomic mass is 16.2. The van der Waals surface area contributed by atoms with E-state index in [1.165, 1.54) is 0 Å². The van der Waals surface area contributed by atoms with Gasteiger partial charge in [-0.25, -0.2) is 4.79 Å². The zero-order valence-corrected chi connectivity index (χ0v) is 16.5. The molecule has 1 aromatic rings. The van der Waals surface area contributed by atoms with E-state index in [4.69, 9.17) is 0 Å². The number of nitrogens with one attached hydrogen (secondary N) is 3. The van der Waals surface area contributed by atoms with Gasteiger partial charge in [0.1, 0.15) is 5.54 Å². The van der Waals surface area contributed by atoms with Crippen molar-refractivity contribution in [3.63, 3.8) is 0 Å². The molecule has 1 unspecified atom stereocenters. The maximum absolute atomic E-state index is 13.1. The molecule has 2 saturated heterocycles. The first-order valence-electron chi connectivity index (χ1n) is 9.80. The van der Waals surface area contributed by atoms with Crippen molar-refractivity contribution < 1.29 is 14.4 Å². The Hall–Kier alpha value is -2.61. The number of nitrogens with zero attached hydrogens (tertiary/aromatic N) is 2. The summed E-state index contributed by atoms with van der Waals surface area (Å²) in [5.41, 5.74) is -0.382. The number of urea groups is 1. The molecule has 0 radical (unpaired) electrons. The average molecular weight is 387 g/mol. The Labute approximate surface area is 165 Å². The number of anilines is 1. The topological polar surface area (TPSA) is 93.8 Å². The molecule has 28 heavy (non-hydrogen) atoms. The van der Waals surface area contributed by atoms with Crippen molar-refractivity contribution in [1.29, 1.82) is 0 Å². The number of hydrogen-bond donors (Lipinski definition) is 3. The third-order valence-electron chi connectivity index (χ3n) is 5.24. The van der Waals surface area contributed by atoms with Crippen molar-refractivity contribution in [2.75, 3.05) is 38.0 Å². The predicted molar refractivity (Wildman–Crippen MR) is 107 cm³/mol. The smallest absolute Gasteiger partial charge is 0.320 e. The van der Waals surface area contributed by atoms with Crippen LogP contribution in [-0.4, -0.2) is 71.9 Å². The van der Waals surface area contributed by atoms with Crippen LogP contribution in [0.3, 0.4) is 0 Å². The van der Waals surface area contributed by atoms with Gasteiger partial charge in [-0.15, -0.1) is 0 Å². The van der Waals surface area contributed by atoms with Crippen LogP contribution in [0.25, 0.3) is 0 Å². The van der Waals surface area contributed by atoms with E-state index in [9.17, 15) is 14.4 Å². The van der Waals surface area contributed by atoms with Crippen molar-refractivity contribution >= 4 is 23.5 Å². The second kappa shape index (κ2) is 8.60. The highest BCUT2D eigenvalue weighted by Crippen LogP contribution is 2.20. The highest BCUT2D eigenvalue weighted by molar-refractivity contribution is 5.95. The van der Waals surface area contributed by atoms with Crippen LogP contribution in [0.15, 0.2) is 30.3 Å². The minimum absolute atomic E-state index is 0.0428. The van der Waals surface area contributed by atoms with Gasteiger partial charge in [0, 0.05) is 37.9 Å². The SMILES string of the molecule is CC(C)(NC(=O)Nc1ccccc1)C(=O)N1CCCC(N2CCNCC2=O)C1. The van der Waals surface area contributed by atoms with Gasteiger partial charge in [-0.3, -0.25) is 9.59 Å². The second-order valence-corrected chi connectivity index (χ2v) is 7.88. The quantitative estimate of drug-likeness (QED) is 0.719. The molecule has 152 valence electrons. The van der Waals surface area contributed by atoms with E-state index in [0.29, 0.717) is 31.9 Å². The summed E-state index contributed by atoms with van der Waals surface area (Å²) in [6.07, 6.45) is 1.75. The Balaban J connectivity index is 1.59. The fourth-order valence-electron chi connectivity index (χ4n) is 3.82. The molecule has 0 aliphatic carbocycles. The van der Waals surface area contributed by atoms with Gasteiger partial charge in [-0.2, -0.15) is 0 Å². The molecule has 3 N–H and O–H groups in total. The van der Waals surface area contributed by atoms with Gasteiger partial charge < -0.3 is 25.8 Å². The lowest BCUT2D eigenvalue weighted by atomic mass is 9.98. The second-order valence-electron chi connectivity index (χ2n) is 7.88. The molecule has 2 aliphatic rings. The molecule has 1 aromatic carbocycles. The minimum atomic E-state index is -1.05. The summed E-state index contributed by atoms with van der Waals surface area (Å²) in [6.45, 7) is 6.38. The Morgan fingerprint density at radius 1 is 1.18 bits per heavy atom. The normalized spacial score (nSPS) is 20.6. The van der Waals surface area contributed by atoms with E-state index in [0.717, 1.165) is 19.4 Å². The van der Waals surface area contributed by atoms with Crippen LogP contribution in [0.4, 0.5) is 10.5 Å². The number of benzene rings is 1. The number of amides is 4. The molecule has 0 aromatic heterocycles. The van der Waals surface area contributed by atoms with E-state index >= 15 is 0 Å². The number of hydrogen-bond acceptors (Lipinski definition) is 4. The zero-order valence-electron chi connectivity index (χ0n) is 16.5. The zero-order chi connectivity index (χ0) is 20.1. The number of likely N-dealkylation sites (tertiary alicyclic amines) is 1. The molecule has 2 aliphatic heterocycles. The van der Waals surface area contributed by atoms with Crippen molar-refractivity contribution in [2.45, 2.75) is 38.3 Å². The van der Waals surface area contributed by atoms with Crippen LogP contribution in [0.2, 0.25) is 0 Å². The molecule has 2 fully saturated rings. The summed E-state index contributed by atoms with van der Waals surface area (Å²) in [7, 11) is 0. The van der Waals surface area contributed by atoms with Gasteiger partial charge in [-0.05, 0) is 38.8 Å². The van der Waals surface area contributed by atoms with Crippen molar-refractivity contribution in [2.24, 2.45) is 0 Å². The first kappa shape index (κ1) is 20.1. The molecule has 0 spiro atoms.